The fraction of sp³-hybridized carbons (Fsp3) is 0.300. The first-order valence-electron chi connectivity index (χ1n) is 8.32. The Labute approximate surface area is 152 Å². The summed E-state index contributed by atoms with van der Waals surface area (Å²) in [5.74, 6) is 1.72. The molecule has 0 aromatic heterocycles. The van der Waals surface area contributed by atoms with Crippen LogP contribution in [0.1, 0.15) is 16.7 Å². The number of benzene rings is 2. The van der Waals surface area contributed by atoms with Crippen LogP contribution in [0.5, 0.6) is 5.75 Å². The summed E-state index contributed by atoms with van der Waals surface area (Å²) >= 11 is 1.63. The highest BCUT2D eigenvalue weighted by Crippen LogP contribution is 2.21. The summed E-state index contributed by atoms with van der Waals surface area (Å²) in [5, 5.41) is 0.832. The molecule has 2 aromatic carbocycles. The highest BCUT2D eigenvalue weighted by molar-refractivity contribution is 8.13. The van der Waals surface area contributed by atoms with Crippen LogP contribution in [0.2, 0.25) is 0 Å². The highest BCUT2D eigenvalue weighted by Gasteiger charge is 2.24. The van der Waals surface area contributed by atoms with E-state index < -0.39 is 0 Å². The van der Waals surface area contributed by atoms with Crippen LogP contribution in [0.4, 0.5) is 0 Å². The van der Waals surface area contributed by atoms with Crippen LogP contribution >= 0.6 is 11.8 Å². The van der Waals surface area contributed by atoms with Gasteiger partial charge < -0.3 is 4.74 Å². The fourth-order valence-electron chi connectivity index (χ4n) is 2.63. The molecule has 1 amide bonds. The lowest BCUT2D eigenvalue weighted by molar-refractivity contribution is -0.126. The number of aryl methyl sites for hydroxylation is 1. The molecule has 0 atom stereocenters. The zero-order valence-corrected chi connectivity index (χ0v) is 15.4. The Kier molecular flexibility index (Phi) is 5.76. The summed E-state index contributed by atoms with van der Waals surface area (Å²) in [6, 6.07) is 16.1. The Hall–Kier alpha value is -2.27. The topological polar surface area (TPSA) is 41.9 Å². The third-order valence-corrected chi connectivity index (χ3v) is 5.19. The Bertz CT molecular complexity index is 754. The number of rotatable bonds is 5. The van der Waals surface area contributed by atoms with E-state index in [-0.39, 0.29) is 5.91 Å². The minimum absolute atomic E-state index is 0.0952. The zero-order valence-electron chi connectivity index (χ0n) is 14.6. The van der Waals surface area contributed by atoms with Crippen molar-refractivity contribution in [3.8, 4) is 5.75 Å². The van der Waals surface area contributed by atoms with Gasteiger partial charge in [-0.25, -0.2) is 0 Å². The van der Waals surface area contributed by atoms with Crippen molar-refractivity contribution in [2.24, 2.45) is 4.99 Å². The van der Waals surface area contributed by atoms with E-state index in [9.17, 15) is 4.79 Å². The molecule has 4 nitrogen and oxygen atoms in total. The van der Waals surface area contributed by atoms with Crippen LogP contribution in [0, 0.1) is 6.92 Å². The molecule has 0 unspecified atom stereocenters. The normalized spacial score (nSPS) is 13.7. The summed E-state index contributed by atoms with van der Waals surface area (Å²) in [6.45, 7) is 3.44. The molecule has 0 saturated carbocycles. The van der Waals surface area contributed by atoms with E-state index >= 15 is 0 Å². The fourth-order valence-corrected chi connectivity index (χ4v) is 3.65. The van der Waals surface area contributed by atoms with Crippen molar-refractivity contribution in [1.29, 1.82) is 0 Å². The lowest BCUT2D eigenvalue weighted by Gasteiger charge is -2.18. The third-order valence-electron chi connectivity index (χ3n) is 4.11. The number of thioether (sulfide) groups is 1. The number of hydrogen-bond donors (Lipinski definition) is 0. The number of aliphatic imine (C=N–C) groups is 1. The second kappa shape index (κ2) is 8.21. The molecular formula is C20H22N2O2S. The van der Waals surface area contributed by atoms with E-state index in [1.54, 1.807) is 18.9 Å². The number of amidine groups is 1. The van der Waals surface area contributed by atoms with Gasteiger partial charge in [0.15, 0.2) is 5.17 Å². The van der Waals surface area contributed by atoms with Crippen molar-refractivity contribution in [3.05, 3.63) is 65.2 Å². The molecule has 2 aromatic rings. The van der Waals surface area contributed by atoms with Gasteiger partial charge in [-0.3, -0.25) is 14.7 Å². The first-order chi connectivity index (χ1) is 12.2. The Balaban J connectivity index is 1.58. The lowest BCUT2D eigenvalue weighted by Crippen LogP contribution is -2.34. The van der Waals surface area contributed by atoms with Gasteiger partial charge in [-0.15, -0.1) is 0 Å². The number of methoxy groups -OCH3 is 1. The maximum atomic E-state index is 12.6. The summed E-state index contributed by atoms with van der Waals surface area (Å²) < 4.78 is 5.15. The molecule has 25 heavy (non-hydrogen) atoms. The van der Waals surface area contributed by atoms with E-state index in [4.69, 9.17) is 4.74 Å². The van der Waals surface area contributed by atoms with Crippen molar-refractivity contribution in [2.45, 2.75) is 19.1 Å². The Morgan fingerprint density at radius 3 is 2.48 bits per heavy atom. The predicted molar refractivity (Wildman–Crippen MR) is 103 cm³/mol. The van der Waals surface area contributed by atoms with Crippen molar-refractivity contribution in [2.75, 3.05) is 20.2 Å². The molecule has 0 bridgehead atoms. The van der Waals surface area contributed by atoms with E-state index in [1.165, 1.54) is 11.1 Å². The first-order valence-corrected chi connectivity index (χ1v) is 9.30. The third kappa shape index (κ3) is 4.63. The van der Waals surface area contributed by atoms with Crippen molar-refractivity contribution < 1.29 is 9.53 Å². The standard InChI is InChI=1S/C20H22N2O2S/c1-15-3-5-17(6-4-15)14-25-20-21-11-12-22(20)19(23)13-16-7-9-18(24-2)10-8-16/h3-10H,11-14H2,1-2H3. The zero-order chi connectivity index (χ0) is 17.6. The maximum absolute atomic E-state index is 12.6. The number of amides is 1. The Morgan fingerprint density at radius 1 is 1.12 bits per heavy atom. The van der Waals surface area contributed by atoms with Gasteiger partial charge in [-0.2, -0.15) is 0 Å². The molecule has 0 N–H and O–H groups in total. The average molecular weight is 354 g/mol. The lowest BCUT2D eigenvalue weighted by atomic mass is 10.1. The van der Waals surface area contributed by atoms with Crippen LogP contribution in [-0.4, -0.2) is 36.2 Å². The molecule has 1 aliphatic rings. The van der Waals surface area contributed by atoms with Gasteiger partial charge in [0.25, 0.3) is 0 Å². The van der Waals surface area contributed by atoms with E-state index in [2.05, 4.69) is 36.2 Å². The van der Waals surface area contributed by atoms with Gasteiger partial charge in [0.05, 0.1) is 20.1 Å². The van der Waals surface area contributed by atoms with Gasteiger partial charge in [-0.1, -0.05) is 53.7 Å². The van der Waals surface area contributed by atoms with Crippen LogP contribution in [0.25, 0.3) is 0 Å². The minimum Gasteiger partial charge on any atom is -0.497 e. The monoisotopic (exact) mass is 354 g/mol. The van der Waals surface area contributed by atoms with E-state index in [0.717, 1.165) is 22.2 Å². The van der Waals surface area contributed by atoms with Gasteiger partial charge >= 0.3 is 0 Å². The van der Waals surface area contributed by atoms with Crippen molar-refractivity contribution in [1.82, 2.24) is 4.90 Å². The number of hydrogen-bond acceptors (Lipinski definition) is 4. The summed E-state index contributed by atoms with van der Waals surface area (Å²) in [7, 11) is 1.64. The SMILES string of the molecule is COc1ccc(CC(=O)N2CCN=C2SCc2ccc(C)cc2)cc1. The van der Waals surface area contributed by atoms with Crippen molar-refractivity contribution >= 4 is 22.8 Å². The van der Waals surface area contributed by atoms with Crippen LogP contribution in [0.3, 0.4) is 0 Å². The number of ether oxygens (including phenoxy) is 1. The molecule has 3 rings (SSSR count). The summed E-state index contributed by atoms with van der Waals surface area (Å²) in [4.78, 5) is 18.9. The van der Waals surface area contributed by atoms with Gasteiger partial charge in [-0.05, 0) is 30.2 Å². The largest absolute Gasteiger partial charge is 0.497 e. The second-order valence-corrected chi connectivity index (χ2v) is 6.95. The number of carbonyl (C=O) groups excluding carboxylic acids is 1. The van der Waals surface area contributed by atoms with Crippen LogP contribution in [-0.2, 0) is 17.0 Å². The quantitative estimate of drug-likeness (QED) is 0.822. The highest BCUT2D eigenvalue weighted by atomic mass is 32.2. The van der Waals surface area contributed by atoms with E-state index in [1.807, 2.05) is 29.2 Å². The summed E-state index contributed by atoms with van der Waals surface area (Å²) in [5.41, 5.74) is 3.48. The molecule has 130 valence electrons. The average Bonchev–Trinajstić information content (AvgIpc) is 3.10. The van der Waals surface area contributed by atoms with Crippen LogP contribution < -0.4 is 4.74 Å². The van der Waals surface area contributed by atoms with Crippen LogP contribution in [0.15, 0.2) is 53.5 Å². The molecular weight excluding hydrogens is 332 g/mol. The molecule has 0 saturated heterocycles. The molecule has 1 heterocycles. The molecule has 0 aliphatic carbocycles. The minimum atomic E-state index is 0.0952. The molecule has 0 spiro atoms. The predicted octanol–water partition coefficient (Wildman–Crippen LogP) is 3.68. The van der Waals surface area contributed by atoms with Gasteiger partial charge in [0.1, 0.15) is 5.75 Å². The first kappa shape index (κ1) is 17.5. The number of carbonyl (C=O) groups is 1. The van der Waals surface area contributed by atoms with Crippen molar-refractivity contribution in [3.63, 3.8) is 0 Å². The Morgan fingerprint density at radius 2 is 1.80 bits per heavy atom. The number of nitrogens with zero attached hydrogens (tertiary/aromatic N) is 2. The van der Waals surface area contributed by atoms with Gasteiger partial charge in [0, 0.05) is 12.3 Å². The van der Waals surface area contributed by atoms with E-state index in [0.29, 0.717) is 19.5 Å². The van der Waals surface area contributed by atoms with Gasteiger partial charge in [0.2, 0.25) is 5.91 Å². The smallest absolute Gasteiger partial charge is 0.233 e. The molecule has 0 radical (unpaired) electrons. The molecule has 5 heteroatoms. The summed E-state index contributed by atoms with van der Waals surface area (Å²) in [6.07, 6.45) is 0.383. The maximum Gasteiger partial charge on any atom is 0.233 e. The molecule has 1 aliphatic heterocycles. The molecule has 0 fully saturated rings. The second-order valence-electron chi connectivity index (χ2n) is 6.01.